The van der Waals surface area contributed by atoms with Crippen molar-refractivity contribution in [3.63, 3.8) is 0 Å². The molecule has 0 saturated carbocycles. The van der Waals surface area contributed by atoms with Crippen LogP contribution in [-0.2, 0) is 0 Å². The first-order chi connectivity index (χ1) is 19.2. The monoisotopic (exact) mass is 519 g/mol. The summed E-state index contributed by atoms with van der Waals surface area (Å²) < 4.78 is 20.6. The molecule has 6 aromatic rings. The van der Waals surface area contributed by atoms with Gasteiger partial charge in [-0.25, -0.2) is 9.37 Å². The number of benzene rings is 2. The van der Waals surface area contributed by atoms with Crippen LogP contribution in [-0.4, -0.2) is 61.3 Å². The third kappa shape index (κ3) is 4.61. The number of ether oxygens (including phenoxy) is 1. The van der Waals surface area contributed by atoms with Crippen LogP contribution in [0.4, 0.5) is 4.39 Å². The molecule has 7 rings (SSSR count). The van der Waals surface area contributed by atoms with E-state index in [1.165, 1.54) is 25.0 Å². The SMILES string of the molecule is Fc1cc(OCCN2CCCC2)cc(-c2ccnc3[nH]c(-c4n[nH]c5ccc(-c6cnccn6)cc45)cc23)c1. The van der Waals surface area contributed by atoms with Crippen molar-refractivity contribution in [1.29, 1.82) is 0 Å². The smallest absolute Gasteiger partial charge is 0.138 e. The normalized spacial score (nSPS) is 14.0. The molecule has 1 saturated heterocycles. The van der Waals surface area contributed by atoms with Gasteiger partial charge in [0.25, 0.3) is 0 Å². The van der Waals surface area contributed by atoms with Crippen LogP contribution in [0.3, 0.4) is 0 Å². The Kier molecular flexibility index (Phi) is 5.97. The van der Waals surface area contributed by atoms with E-state index in [2.05, 4.69) is 41.1 Å². The van der Waals surface area contributed by atoms with Crippen molar-refractivity contribution in [2.75, 3.05) is 26.2 Å². The number of halogens is 1. The highest BCUT2D eigenvalue weighted by atomic mass is 19.1. The molecule has 0 unspecified atom stereocenters. The molecule has 2 N–H and O–H groups in total. The second kappa shape index (κ2) is 9.92. The van der Waals surface area contributed by atoms with E-state index < -0.39 is 0 Å². The first kappa shape index (κ1) is 23.5. The van der Waals surface area contributed by atoms with Crippen LogP contribution in [0.15, 0.2) is 73.3 Å². The lowest BCUT2D eigenvalue weighted by Crippen LogP contribution is -2.25. The maximum Gasteiger partial charge on any atom is 0.138 e. The van der Waals surface area contributed by atoms with Crippen LogP contribution < -0.4 is 4.74 Å². The fourth-order valence-electron chi connectivity index (χ4n) is 5.33. The van der Waals surface area contributed by atoms with Gasteiger partial charge in [0.1, 0.15) is 29.5 Å². The van der Waals surface area contributed by atoms with E-state index >= 15 is 0 Å². The van der Waals surface area contributed by atoms with Crippen LogP contribution in [0.5, 0.6) is 5.75 Å². The number of aromatic nitrogens is 6. The van der Waals surface area contributed by atoms with E-state index in [1.54, 1.807) is 24.8 Å². The van der Waals surface area contributed by atoms with Gasteiger partial charge in [-0.1, -0.05) is 6.07 Å². The summed E-state index contributed by atoms with van der Waals surface area (Å²) in [6.07, 6.45) is 9.27. The highest BCUT2D eigenvalue weighted by Gasteiger charge is 2.16. The maximum absolute atomic E-state index is 14.7. The predicted molar refractivity (Wildman–Crippen MR) is 149 cm³/mol. The van der Waals surface area contributed by atoms with Gasteiger partial charge in [0.05, 0.1) is 23.1 Å². The van der Waals surface area contributed by atoms with Gasteiger partial charge in [0.15, 0.2) is 0 Å². The summed E-state index contributed by atoms with van der Waals surface area (Å²) in [5.74, 6) is 0.194. The van der Waals surface area contributed by atoms with E-state index in [-0.39, 0.29) is 5.82 Å². The predicted octanol–water partition coefficient (Wildman–Crippen LogP) is 5.84. The van der Waals surface area contributed by atoms with Crippen LogP contribution in [0, 0.1) is 5.82 Å². The third-order valence-electron chi connectivity index (χ3n) is 7.27. The summed E-state index contributed by atoms with van der Waals surface area (Å²) in [5, 5.41) is 9.53. The zero-order valence-corrected chi connectivity index (χ0v) is 21.2. The topological polar surface area (TPSA) is 95.6 Å². The Bertz CT molecular complexity index is 1770. The van der Waals surface area contributed by atoms with Gasteiger partial charge in [-0.3, -0.25) is 20.0 Å². The summed E-state index contributed by atoms with van der Waals surface area (Å²) in [4.78, 5) is 18.9. The highest BCUT2D eigenvalue weighted by molar-refractivity contribution is 6.00. The van der Waals surface area contributed by atoms with Gasteiger partial charge in [0.2, 0.25) is 0 Å². The lowest BCUT2D eigenvalue weighted by atomic mass is 10.0. The number of H-pyrrole nitrogens is 2. The molecule has 1 aliphatic rings. The molecular formula is C30H26FN7O. The van der Waals surface area contributed by atoms with E-state index in [9.17, 15) is 4.39 Å². The summed E-state index contributed by atoms with van der Waals surface area (Å²) in [6, 6.07) is 14.8. The molecule has 39 heavy (non-hydrogen) atoms. The zero-order valence-electron chi connectivity index (χ0n) is 21.2. The van der Waals surface area contributed by atoms with Crippen molar-refractivity contribution in [3.8, 4) is 39.5 Å². The van der Waals surface area contributed by atoms with E-state index in [0.717, 1.165) is 69.7 Å². The van der Waals surface area contributed by atoms with Crippen LogP contribution in [0.25, 0.3) is 55.7 Å². The molecule has 4 aromatic heterocycles. The Balaban J connectivity index is 1.23. The Morgan fingerprint density at radius 1 is 0.897 bits per heavy atom. The second-order valence-corrected chi connectivity index (χ2v) is 9.80. The Hall–Kier alpha value is -4.63. The fourth-order valence-corrected chi connectivity index (χ4v) is 5.33. The van der Waals surface area contributed by atoms with Gasteiger partial charge in [0, 0.05) is 47.5 Å². The van der Waals surface area contributed by atoms with Crippen LogP contribution in [0.2, 0.25) is 0 Å². The molecule has 2 aromatic carbocycles. The minimum absolute atomic E-state index is 0.334. The van der Waals surface area contributed by atoms with Crippen molar-refractivity contribution in [2.45, 2.75) is 12.8 Å². The van der Waals surface area contributed by atoms with Crippen molar-refractivity contribution in [1.82, 2.24) is 35.0 Å². The number of hydrogen-bond acceptors (Lipinski definition) is 6. The van der Waals surface area contributed by atoms with E-state index in [1.807, 2.05) is 30.3 Å². The summed E-state index contributed by atoms with van der Waals surface area (Å²) in [6.45, 7) is 3.60. The Morgan fingerprint density at radius 3 is 2.69 bits per heavy atom. The molecule has 0 radical (unpaired) electrons. The molecule has 0 atom stereocenters. The number of pyridine rings is 1. The molecule has 0 aliphatic carbocycles. The maximum atomic E-state index is 14.7. The van der Waals surface area contributed by atoms with Crippen molar-refractivity contribution in [2.24, 2.45) is 0 Å². The molecule has 9 heteroatoms. The summed E-state index contributed by atoms with van der Waals surface area (Å²) >= 11 is 0. The molecule has 0 spiro atoms. The molecular weight excluding hydrogens is 493 g/mol. The van der Waals surface area contributed by atoms with E-state index in [4.69, 9.17) is 4.74 Å². The largest absolute Gasteiger partial charge is 0.492 e. The molecule has 194 valence electrons. The Morgan fingerprint density at radius 2 is 1.82 bits per heavy atom. The van der Waals surface area contributed by atoms with Gasteiger partial charge < -0.3 is 9.72 Å². The van der Waals surface area contributed by atoms with E-state index in [0.29, 0.717) is 18.0 Å². The van der Waals surface area contributed by atoms with Crippen molar-refractivity contribution >= 4 is 21.9 Å². The molecule has 0 amide bonds. The standard InChI is InChI=1S/C30H26FN7O/c31-21-13-20(14-22(16-21)39-12-11-38-9-1-2-10-38)23-5-6-34-30-24(23)17-27(35-30)29-25-15-19(3-4-26(25)36-37-29)28-18-32-7-8-33-28/h3-8,13-18H,1-2,9-12H2,(H,34,35)(H,36,37). The first-order valence-electron chi connectivity index (χ1n) is 13.1. The van der Waals surface area contributed by atoms with Crippen LogP contribution >= 0.6 is 0 Å². The Labute approximate surface area is 223 Å². The molecule has 1 aliphatic heterocycles. The average molecular weight is 520 g/mol. The first-order valence-corrected chi connectivity index (χ1v) is 13.1. The number of rotatable bonds is 7. The molecule has 5 heterocycles. The summed E-state index contributed by atoms with van der Waals surface area (Å²) in [5.41, 5.74) is 6.53. The third-order valence-corrected chi connectivity index (χ3v) is 7.27. The second-order valence-electron chi connectivity index (χ2n) is 9.80. The van der Waals surface area contributed by atoms with Crippen molar-refractivity contribution in [3.05, 3.63) is 79.1 Å². The number of fused-ring (bicyclic) bond motifs is 2. The minimum atomic E-state index is -0.334. The average Bonchev–Trinajstić information content (AvgIpc) is 3.72. The highest BCUT2D eigenvalue weighted by Crippen LogP contribution is 2.35. The number of aromatic amines is 2. The van der Waals surface area contributed by atoms with Gasteiger partial charge in [-0.15, -0.1) is 0 Å². The molecule has 0 bridgehead atoms. The number of likely N-dealkylation sites (tertiary alicyclic amines) is 1. The van der Waals surface area contributed by atoms with Gasteiger partial charge >= 0.3 is 0 Å². The number of nitrogens with zero attached hydrogens (tertiary/aromatic N) is 5. The lowest BCUT2D eigenvalue weighted by molar-refractivity contribution is 0.237. The molecule has 1 fully saturated rings. The number of nitrogens with one attached hydrogen (secondary N) is 2. The molecule has 8 nitrogen and oxygen atoms in total. The van der Waals surface area contributed by atoms with Gasteiger partial charge in [-0.05, 0) is 73.5 Å². The minimum Gasteiger partial charge on any atom is -0.492 e. The quantitative estimate of drug-likeness (QED) is 0.275. The van der Waals surface area contributed by atoms with Crippen LogP contribution in [0.1, 0.15) is 12.8 Å². The van der Waals surface area contributed by atoms with Crippen molar-refractivity contribution < 1.29 is 9.13 Å². The summed E-state index contributed by atoms with van der Waals surface area (Å²) in [7, 11) is 0. The zero-order chi connectivity index (χ0) is 26.2. The number of hydrogen-bond donors (Lipinski definition) is 2. The van der Waals surface area contributed by atoms with Gasteiger partial charge in [-0.2, -0.15) is 5.10 Å². The lowest BCUT2D eigenvalue weighted by Gasteiger charge is -2.15. The fraction of sp³-hybridized carbons (Fsp3) is 0.200.